The Kier molecular flexibility index (Phi) is 3.52. The quantitative estimate of drug-likeness (QED) is 0.739. The van der Waals surface area contributed by atoms with E-state index in [9.17, 15) is 9.18 Å². The Morgan fingerprint density at radius 2 is 2.33 bits per heavy atom. The molecule has 1 heterocycles. The van der Waals surface area contributed by atoms with Gasteiger partial charge < -0.3 is 20.8 Å². The smallest absolute Gasteiger partial charge is 0.304 e. The minimum atomic E-state index is -0.467. The van der Waals surface area contributed by atoms with Gasteiger partial charge in [0.1, 0.15) is 11.6 Å². The molecule has 0 saturated heterocycles. The molecule has 7 heteroatoms. The molecule has 18 heavy (non-hydrogen) atoms. The lowest BCUT2D eigenvalue weighted by molar-refractivity contribution is 0.416. The molecule has 2 rings (SSSR count). The van der Waals surface area contributed by atoms with Gasteiger partial charge in [-0.25, -0.2) is 4.39 Å². The lowest BCUT2D eigenvalue weighted by Crippen LogP contribution is -2.05. The Morgan fingerprint density at radius 1 is 1.56 bits per heavy atom. The van der Waals surface area contributed by atoms with Crippen molar-refractivity contribution in [3.8, 4) is 5.75 Å². The Bertz CT molecular complexity index is 609. The molecule has 0 unspecified atom stereocenters. The number of nitrogens with two attached hydrogens (primary N) is 1. The van der Waals surface area contributed by atoms with E-state index in [1.807, 2.05) is 0 Å². The first-order chi connectivity index (χ1) is 8.60. The number of halogens is 1. The Balaban J connectivity index is 2.16. The van der Waals surface area contributed by atoms with Crippen LogP contribution >= 0.6 is 11.3 Å². The highest BCUT2D eigenvalue weighted by molar-refractivity contribution is 7.07. The van der Waals surface area contributed by atoms with Crippen molar-refractivity contribution >= 4 is 22.7 Å². The highest BCUT2D eigenvalue weighted by atomic mass is 32.1. The fourth-order valence-corrected chi connectivity index (χ4v) is 2.05. The summed E-state index contributed by atoms with van der Waals surface area (Å²) in [5.41, 5.74) is 6.78. The van der Waals surface area contributed by atoms with Crippen molar-refractivity contribution in [3.05, 3.63) is 38.7 Å². The molecule has 0 aliphatic rings. The number of nitrogens with one attached hydrogen (secondary N) is 2. The molecular formula is C11H12FN3O2S. The lowest BCUT2D eigenvalue weighted by Gasteiger charge is -2.10. The summed E-state index contributed by atoms with van der Waals surface area (Å²) in [6.07, 6.45) is 0. The lowest BCUT2D eigenvalue weighted by atomic mass is 10.2. The predicted octanol–water partition coefficient (Wildman–Crippen LogP) is 1.78. The van der Waals surface area contributed by atoms with Gasteiger partial charge in [0, 0.05) is 23.2 Å². The van der Waals surface area contributed by atoms with Crippen molar-refractivity contribution in [2.75, 3.05) is 18.2 Å². The molecule has 5 nitrogen and oxygen atoms in total. The van der Waals surface area contributed by atoms with Gasteiger partial charge in [-0.1, -0.05) is 11.3 Å². The predicted molar refractivity (Wildman–Crippen MR) is 69.6 cm³/mol. The Hall–Kier alpha value is -2.02. The van der Waals surface area contributed by atoms with Crippen LogP contribution < -0.4 is 20.7 Å². The maximum atomic E-state index is 13.6. The third-order valence-corrected chi connectivity index (χ3v) is 3.08. The van der Waals surface area contributed by atoms with E-state index in [0.29, 0.717) is 18.0 Å². The van der Waals surface area contributed by atoms with Crippen LogP contribution in [0.2, 0.25) is 0 Å². The first-order valence-electron chi connectivity index (χ1n) is 5.13. The van der Waals surface area contributed by atoms with Gasteiger partial charge in [-0.2, -0.15) is 0 Å². The van der Waals surface area contributed by atoms with E-state index < -0.39 is 5.82 Å². The molecule has 96 valence electrons. The molecule has 0 fully saturated rings. The minimum Gasteiger partial charge on any atom is -0.495 e. The average molecular weight is 269 g/mol. The van der Waals surface area contributed by atoms with Crippen molar-refractivity contribution in [2.24, 2.45) is 0 Å². The van der Waals surface area contributed by atoms with Crippen LogP contribution in [0.3, 0.4) is 0 Å². The second kappa shape index (κ2) is 5.09. The van der Waals surface area contributed by atoms with Gasteiger partial charge in [0.05, 0.1) is 25.0 Å². The van der Waals surface area contributed by atoms with Gasteiger partial charge in [-0.05, 0) is 0 Å². The van der Waals surface area contributed by atoms with Crippen molar-refractivity contribution in [3.63, 3.8) is 0 Å². The summed E-state index contributed by atoms with van der Waals surface area (Å²) in [5.74, 6) is -0.0661. The third-order valence-electron chi connectivity index (χ3n) is 2.36. The number of ether oxygens (including phenoxy) is 1. The maximum absolute atomic E-state index is 13.6. The summed E-state index contributed by atoms with van der Waals surface area (Å²) in [6, 6.07) is 2.67. The average Bonchev–Trinajstić information content (AvgIpc) is 2.74. The summed E-state index contributed by atoms with van der Waals surface area (Å²) in [7, 11) is 1.46. The SMILES string of the molecule is COc1cc(NCc2csc(=O)[nH]2)c(F)cc1N. The summed E-state index contributed by atoms with van der Waals surface area (Å²) in [5, 5.41) is 4.55. The molecule has 0 spiro atoms. The van der Waals surface area contributed by atoms with Crippen LogP contribution in [0, 0.1) is 5.82 Å². The van der Waals surface area contributed by atoms with Gasteiger partial charge >= 0.3 is 4.87 Å². The van der Waals surface area contributed by atoms with Gasteiger partial charge in [0.25, 0.3) is 0 Å². The van der Waals surface area contributed by atoms with Gasteiger partial charge in [0.15, 0.2) is 0 Å². The van der Waals surface area contributed by atoms with Crippen LogP contribution in [-0.4, -0.2) is 12.1 Å². The fourth-order valence-electron chi connectivity index (χ4n) is 1.47. The Morgan fingerprint density at radius 3 is 2.94 bits per heavy atom. The van der Waals surface area contributed by atoms with E-state index in [2.05, 4.69) is 10.3 Å². The molecule has 1 aromatic heterocycles. The number of benzene rings is 1. The first-order valence-corrected chi connectivity index (χ1v) is 6.01. The van der Waals surface area contributed by atoms with Crippen LogP contribution in [0.5, 0.6) is 5.75 Å². The summed E-state index contributed by atoms with van der Waals surface area (Å²) in [6.45, 7) is 0.322. The van der Waals surface area contributed by atoms with E-state index >= 15 is 0 Å². The zero-order chi connectivity index (χ0) is 13.1. The van der Waals surface area contributed by atoms with E-state index in [-0.39, 0.29) is 16.2 Å². The number of anilines is 2. The molecule has 0 aliphatic heterocycles. The van der Waals surface area contributed by atoms with Crippen LogP contribution in [0.25, 0.3) is 0 Å². The van der Waals surface area contributed by atoms with Crippen LogP contribution in [-0.2, 0) is 6.54 Å². The van der Waals surface area contributed by atoms with Crippen molar-refractivity contribution in [1.29, 1.82) is 0 Å². The molecule has 0 radical (unpaired) electrons. The van der Waals surface area contributed by atoms with E-state index in [1.165, 1.54) is 19.2 Å². The number of nitrogen functional groups attached to an aromatic ring is 1. The number of H-pyrrole nitrogens is 1. The number of methoxy groups -OCH3 is 1. The molecule has 0 atom stereocenters. The zero-order valence-corrected chi connectivity index (χ0v) is 10.4. The number of thiazole rings is 1. The Labute approximate surface area is 106 Å². The van der Waals surface area contributed by atoms with Crippen molar-refractivity contribution < 1.29 is 9.13 Å². The number of aromatic amines is 1. The second-order valence-corrected chi connectivity index (χ2v) is 4.44. The fraction of sp³-hybridized carbons (Fsp3) is 0.182. The first kappa shape index (κ1) is 12.4. The summed E-state index contributed by atoms with van der Waals surface area (Å²) in [4.78, 5) is 13.4. The highest BCUT2D eigenvalue weighted by Gasteiger charge is 2.08. The topological polar surface area (TPSA) is 80.1 Å². The van der Waals surface area contributed by atoms with Crippen LogP contribution in [0.4, 0.5) is 15.8 Å². The number of rotatable bonds is 4. The number of hydrogen-bond acceptors (Lipinski definition) is 5. The van der Waals surface area contributed by atoms with Crippen LogP contribution in [0.1, 0.15) is 5.69 Å². The molecule has 4 N–H and O–H groups in total. The molecule has 0 amide bonds. The second-order valence-electron chi connectivity index (χ2n) is 3.60. The van der Waals surface area contributed by atoms with Crippen molar-refractivity contribution in [2.45, 2.75) is 6.54 Å². The monoisotopic (exact) mass is 269 g/mol. The number of aromatic nitrogens is 1. The van der Waals surface area contributed by atoms with E-state index in [4.69, 9.17) is 10.5 Å². The standard InChI is InChI=1S/C11H12FN3O2S/c1-17-10-3-9(7(12)2-8(10)13)14-4-6-5-18-11(16)15-6/h2-3,5,14H,4,13H2,1H3,(H,15,16). The van der Waals surface area contributed by atoms with Gasteiger partial charge in [-0.3, -0.25) is 4.79 Å². The molecule has 0 bridgehead atoms. The molecule has 0 aliphatic carbocycles. The van der Waals surface area contributed by atoms with Gasteiger partial charge in [-0.15, -0.1) is 0 Å². The van der Waals surface area contributed by atoms with E-state index in [1.54, 1.807) is 5.38 Å². The number of hydrogen-bond donors (Lipinski definition) is 3. The molecule has 2 aromatic rings. The largest absolute Gasteiger partial charge is 0.495 e. The third kappa shape index (κ3) is 2.62. The normalized spacial score (nSPS) is 10.3. The van der Waals surface area contributed by atoms with Crippen molar-refractivity contribution in [1.82, 2.24) is 4.98 Å². The molecular weight excluding hydrogens is 257 g/mol. The molecule has 1 aromatic carbocycles. The minimum absolute atomic E-state index is 0.137. The maximum Gasteiger partial charge on any atom is 0.304 e. The van der Waals surface area contributed by atoms with Gasteiger partial charge in [0.2, 0.25) is 0 Å². The summed E-state index contributed by atoms with van der Waals surface area (Å²) >= 11 is 1.06. The van der Waals surface area contributed by atoms with Crippen LogP contribution in [0.15, 0.2) is 22.3 Å². The molecule has 0 saturated carbocycles. The zero-order valence-electron chi connectivity index (χ0n) is 9.62. The summed E-state index contributed by atoms with van der Waals surface area (Å²) < 4.78 is 18.6. The van der Waals surface area contributed by atoms with E-state index in [0.717, 1.165) is 11.3 Å². The highest BCUT2D eigenvalue weighted by Crippen LogP contribution is 2.28.